The standard InChI is InChI=1S/C14H19N3O2S/c18-13(16-14(19)15-11-3-4-11)8-17-6-1-2-12(17)10-5-7-20-9-10/h5,7,9,11-12H,1-4,6,8H2,(H2,15,16,18,19)/t12-/m1/s1. The van der Waals surface area contributed by atoms with Gasteiger partial charge in [0.25, 0.3) is 0 Å². The molecule has 5 nitrogen and oxygen atoms in total. The Kier molecular flexibility index (Phi) is 4.03. The number of hydrogen-bond acceptors (Lipinski definition) is 4. The van der Waals surface area contributed by atoms with Crippen LogP contribution in [0.5, 0.6) is 0 Å². The monoisotopic (exact) mass is 293 g/mol. The molecule has 1 aliphatic carbocycles. The summed E-state index contributed by atoms with van der Waals surface area (Å²) in [6.45, 7) is 1.21. The number of likely N-dealkylation sites (tertiary alicyclic amines) is 1. The number of hydrogen-bond donors (Lipinski definition) is 2. The van der Waals surface area contributed by atoms with Gasteiger partial charge in [0.15, 0.2) is 0 Å². The first-order chi connectivity index (χ1) is 9.72. The van der Waals surface area contributed by atoms with E-state index in [4.69, 9.17) is 0 Å². The minimum Gasteiger partial charge on any atom is -0.335 e. The minimum atomic E-state index is -0.358. The molecule has 1 saturated heterocycles. The number of imide groups is 1. The van der Waals surface area contributed by atoms with Crippen LogP contribution in [0.2, 0.25) is 0 Å². The second-order valence-corrected chi connectivity index (χ2v) is 6.26. The van der Waals surface area contributed by atoms with Gasteiger partial charge in [-0.1, -0.05) is 0 Å². The Bertz CT molecular complexity index is 485. The molecule has 2 N–H and O–H groups in total. The summed E-state index contributed by atoms with van der Waals surface area (Å²) in [5.41, 5.74) is 1.28. The lowest BCUT2D eigenvalue weighted by Gasteiger charge is -2.23. The predicted molar refractivity (Wildman–Crippen MR) is 77.6 cm³/mol. The second kappa shape index (κ2) is 5.93. The van der Waals surface area contributed by atoms with Crippen molar-refractivity contribution in [1.29, 1.82) is 0 Å². The van der Waals surface area contributed by atoms with Crippen LogP contribution in [0, 0.1) is 0 Å². The molecular formula is C14H19N3O2S. The van der Waals surface area contributed by atoms with Crippen LogP contribution in [-0.4, -0.2) is 36.0 Å². The summed E-state index contributed by atoms with van der Waals surface area (Å²) in [4.78, 5) is 25.6. The number of rotatable bonds is 4. The van der Waals surface area contributed by atoms with E-state index in [0.717, 1.165) is 32.2 Å². The van der Waals surface area contributed by atoms with Crippen LogP contribution in [0.1, 0.15) is 37.3 Å². The van der Waals surface area contributed by atoms with Crippen LogP contribution in [0.3, 0.4) is 0 Å². The van der Waals surface area contributed by atoms with Gasteiger partial charge in [-0.25, -0.2) is 4.79 Å². The maximum absolute atomic E-state index is 11.9. The van der Waals surface area contributed by atoms with Crippen LogP contribution >= 0.6 is 11.3 Å². The quantitative estimate of drug-likeness (QED) is 0.891. The fourth-order valence-electron chi connectivity index (χ4n) is 2.66. The summed E-state index contributed by atoms with van der Waals surface area (Å²) in [5, 5.41) is 9.38. The van der Waals surface area contributed by atoms with Gasteiger partial charge in [-0.05, 0) is 54.6 Å². The van der Waals surface area contributed by atoms with E-state index >= 15 is 0 Å². The number of thiophene rings is 1. The van der Waals surface area contributed by atoms with Crippen molar-refractivity contribution < 1.29 is 9.59 Å². The molecule has 2 heterocycles. The number of urea groups is 1. The summed E-state index contributed by atoms with van der Waals surface area (Å²) in [7, 11) is 0. The lowest BCUT2D eigenvalue weighted by molar-refractivity contribution is -0.121. The van der Waals surface area contributed by atoms with Gasteiger partial charge in [0.2, 0.25) is 5.91 Å². The fraction of sp³-hybridized carbons (Fsp3) is 0.571. The maximum atomic E-state index is 11.9. The Hall–Kier alpha value is -1.40. The molecule has 0 unspecified atom stereocenters. The highest BCUT2D eigenvalue weighted by atomic mass is 32.1. The molecule has 0 bridgehead atoms. The third kappa shape index (κ3) is 3.37. The van der Waals surface area contributed by atoms with Crippen molar-refractivity contribution in [3.05, 3.63) is 22.4 Å². The minimum absolute atomic E-state index is 0.217. The summed E-state index contributed by atoms with van der Waals surface area (Å²) in [5.74, 6) is -0.217. The van der Waals surface area contributed by atoms with Crippen LogP contribution in [-0.2, 0) is 4.79 Å². The molecule has 0 spiro atoms. The Labute approximate surface area is 122 Å². The Morgan fingerprint density at radius 1 is 1.35 bits per heavy atom. The molecule has 1 saturated carbocycles. The lowest BCUT2D eigenvalue weighted by atomic mass is 10.1. The molecule has 1 atom stereocenters. The number of carbonyl (C=O) groups excluding carboxylic acids is 2. The van der Waals surface area contributed by atoms with Gasteiger partial charge in [0.05, 0.1) is 6.54 Å². The third-order valence-electron chi connectivity index (χ3n) is 3.80. The van der Waals surface area contributed by atoms with E-state index in [9.17, 15) is 9.59 Å². The molecule has 1 aliphatic heterocycles. The first-order valence-electron chi connectivity index (χ1n) is 7.09. The van der Waals surface area contributed by atoms with Crippen LogP contribution in [0.25, 0.3) is 0 Å². The van der Waals surface area contributed by atoms with Crippen molar-refractivity contribution in [3.8, 4) is 0 Å². The number of amides is 3. The summed E-state index contributed by atoms with van der Waals surface area (Å²) < 4.78 is 0. The van der Waals surface area contributed by atoms with Gasteiger partial charge in [-0.2, -0.15) is 11.3 Å². The lowest BCUT2D eigenvalue weighted by Crippen LogP contribution is -2.45. The van der Waals surface area contributed by atoms with E-state index in [2.05, 4.69) is 32.4 Å². The summed E-state index contributed by atoms with van der Waals surface area (Å²) in [6, 6.07) is 2.35. The predicted octanol–water partition coefficient (Wildman–Crippen LogP) is 1.87. The van der Waals surface area contributed by atoms with Crippen molar-refractivity contribution in [2.45, 2.75) is 37.8 Å². The highest BCUT2D eigenvalue weighted by molar-refractivity contribution is 7.07. The van der Waals surface area contributed by atoms with Gasteiger partial charge in [-0.15, -0.1) is 0 Å². The van der Waals surface area contributed by atoms with Crippen molar-refractivity contribution in [3.63, 3.8) is 0 Å². The molecule has 0 aromatic carbocycles. The SMILES string of the molecule is O=C(CN1CCC[C@@H]1c1ccsc1)NC(=O)NC1CC1. The summed E-state index contributed by atoms with van der Waals surface area (Å²) >= 11 is 1.68. The van der Waals surface area contributed by atoms with E-state index in [1.54, 1.807) is 11.3 Å². The smallest absolute Gasteiger partial charge is 0.321 e. The zero-order valence-corrected chi connectivity index (χ0v) is 12.1. The molecule has 3 rings (SSSR count). The first-order valence-corrected chi connectivity index (χ1v) is 8.03. The van der Waals surface area contributed by atoms with Crippen molar-refractivity contribution in [1.82, 2.24) is 15.5 Å². The molecule has 0 radical (unpaired) electrons. The number of nitrogens with one attached hydrogen (secondary N) is 2. The third-order valence-corrected chi connectivity index (χ3v) is 4.51. The van der Waals surface area contributed by atoms with Crippen molar-refractivity contribution in [2.24, 2.45) is 0 Å². The van der Waals surface area contributed by atoms with Crippen molar-refractivity contribution >= 4 is 23.3 Å². The van der Waals surface area contributed by atoms with Gasteiger partial charge < -0.3 is 5.32 Å². The van der Waals surface area contributed by atoms with Crippen LogP contribution in [0.15, 0.2) is 16.8 Å². The van der Waals surface area contributed by atoms with Gasteiger partial charge in [0, 0.05) is 12.1 Å². The molecule has 108 valence electrons. The van der Waals surface area contributed by atoms with E-state index in [1.807, 2.05) is 0 Å². The molecular weight excluding hydrogens is 274 g/mol. The average molecular weight is 293 g/mol. The van der Waals surface area contributed by atoms with E-state index in [0.29, 0.717) is 12.6 Å². The highest BCUT2D eigenvalue weighted by Gasteiger charge is 2.29. The van der Waals surface area contributed by atoms with E-state index in [1.165, 1.54) is 5.56 Å². The zero-order valence-electron chi connectivity index (χ0n) is 11.3. The number of nitrogens with zero attached hydrogens (tertiary/aromatic N) is 1. The van der Waals surface area contributed by atoms with E-state index in [-0.39, 0.29) is 18.0 Å². The Morgan fingerprint density at radius 2 is 2.20 bits per heavy atom. The normalized spacial score (nSPS) is 22.7. The van der Waals surface area contributed by atoms with E-state index < -0.39 is 0 Å². The molecule has 6 heteroatoms. The highest BCUT2D eigenvalue weighted by Crippen LogP contribution is 2.32. The van der Waals surface area contributed by atoms with Gasteiger partial charge in [-0.3, -0.25) is 15.0 Å². The summed E-state index contributed by atoms with van der Waals surface area (Å²) in [6.07, 6.45) is 4.22. The Morgan fingerprint density at radius 3 is 2.90 bits per heavy atom. The average Bonchev–Trinajstić information content (AvgIpc) is 2.91. The molecule has 1 aromatic heterocycles. The maximum Gasteiger partial charge on any atom is 0.321 e. The van der Waals surface area contributed by atoms with Gasteiger partial charge >= 0.3 is 6.03 Å². The van der Waals surface area contributed by atoms with Crippen LogP contribution < -0.4 is 10.6 Å². The largest absolute Gasteiger partial charge is 0.335 e. The molecule has 2 fully saturated rings. The molecule has 20 heavy (non-hydrogen) atoms. The van der Waals surface area contributed by atoms with Gasteiger partial charge in [0.1, 0.15) is 0 Å². The van der Waals surface area contributed by atoms with Crippen molar-refractivity contribution in [2.75, 3.05) is 13.1 Å². The number of carbonyl (C=O) groups is 2. The Balaban J connectivity index is 1.50. The van der Waals surface area contributed by atoms with Crippen LogP contribution in [0.4, 0.5) is 4.79 Å². The second-order valence-electron chi connectivity index (χ2n) is 5.48. The fourth-order valence-corrected chi connectivity index (χ4v) is 3.36. The topological polar surface area (TPSA) is 61.4 Å². The first kappa shape index (κ1) is 13.6. The molecule has 2 aliphatic rings. The molecule has 3 amide bonds. The zero-order chi connectivity index (χ0) is 13.9. The molecule has 1 aromatic rings.